The smallest absolute Gasteiger partial charge is 0.372 e. The first-order valence-electron chi connectivity index (χ1n) is 26.0. The van der Waals surface area contributed by atoms with Crippen LogP contribution in [0, 0.1) is 0 Å². The van der Waals surface area contributed by atoms with Gasteiger partial charge in [-0.3, -0.25) is 67.4 Å². The summed E-state index contributed by atoms with van der Waals surface area (Å²) in [5, 5.41) is 73.2. The third-order valence-corrected chi connectivity index (χ3v) is 16.2. The molecule has 8 aliphatic rings. The maximum absolute atomic E-state index is 13.4. The first kappa shape index (κ1) is 61.8. The number of aromatic amines is 2. The number of nitrogens with zero attached hydrogens (tertiary/aromatic N) is 8. The molecule has 1 aromatic carbocycles. The quantitative estimate of drug-likeness (QED) is 0.0110. The van der Waals surface area contributed by atoms with E-state index < -0.39 is 201 Å². The maximum atomic E-state index is 13.4. The number of imide groups is 2. The fourth-order valence-electron chi connectivity index (χ4n) is 9.75. The molecule has 44 heteroatoms. The van der Waals surface area contributed by atoms with Gasteiger partial charge in [0.25, 0.3) is 47.3 Å². The number of aromatic nitrogens is 4. The summed E-state index contributed by atoms with van der Waals surface area (Å²) in [7, 11) is 0. The molecule has 3 unspecified atom stereocenters. The number of benzene rings is 1. The van der Waals surface area contributed by atoms with Crippen molar-refractivity contribution < 1.29 is 127 Å². The highest BCUT2D eigenvalue weighted by molar-refractivity contribution is 7.14. The standard InChI is InChI=1S/C25H20N6O14S.C23H18N8O14S/c26-23-28-11(7-46-23)15(29-45-24(1-2-24)21(39)40)16(34)27-10-6-43-31(19(10)37)25(22(41)42)5-12(20(38)44-25)30-17(35)8-3-13(32)14(33)4-9(8)18(30)36;24-21-26-7(5-46-21)9(29-45-22(1-2-22)19(39)40)12(32)25-6-4-43-31(15(6)35)23(20(41)42)3-8(18(38)44-23)30-16(36)10-11(17(30)37)28-14(34)13(33)27-10/h3-4,7,10,12,32-33H,1-2,5-6H2,(H2,26,28)(H,27,34)(H,39,40)(H,41,42);5-6,8H,1-4H2,(H2,24,26)(H,25,32)(H,27,33)(H,28,34)(H,39,40)(H,41,42)/b29-15-;29-9-/t10-,12-,25?;6-,8?,23?/m00/s1. The fraction of sp³-hybridized carbons (Fsp3) is 0.333. The van der Waals surface area contributed by atoms with E-state index in [0.29, 0.717) is 4.90 Å². The largest absolute Gasteiger partial charge is 0.504 e. The highest BCUT2D eigenvalue weighted by Gasteiger charge is 2.67. The van der Waals surface area contributed by atoms with Crippen LogP contribution in [0.15, 0.2) is 42.8 Å². The topological polar surface area (TPSA) is 621 Å². The van der Waals surface area contributed by atoms with Crippen molar-refractivity contribution in [2.45, 2.75) is 85.3 Å². The van der Waals surface area contributed by atoms with E-state index in [1.165, 1.54) is 10.8 Å². The van der Waals surface area contributed by atoms with Gasteiger partial charge in [0.2, 0.25) is 11.2 Å². The van der Waals surface area contributed by atoms with Gasteiger partial charge in [-0.25, -0.2) is 38.7 Å². The van der Waals surface area contributed by atoms with Gasteiger partial charge in [-0.15, -0.1) is 22.7 Å². The van der Waals surface area contributed by atoms with Crippen molar-refractivity contribution in [3.05, 3.63) is 77.5 Å². The van der Waals surface area contributed by atoms with Crippen LogP contribution < -0.4 is 33.2 Å². The van der Waals surface area contributed by atoms with Crippen molar-refractivity contribution in [1.29, 1.82) is 0 Å². The molecule has 6 fully saturated rings. The van der Waals surface area contributed by atoms with Crippen LogP contribution in [0.2, 0.25) is 0 Å². The second-order valence-electron chi connectivity index (χ2n) is 20.7. The molecule has 42 nitrogen and oxygen atoms in total. The van der Waals surface area contributed by atoms with Gasteiger partial charge in [0.1, 0.15) is 60.2 Å². The number of nitrogen functional groups attached to an aromatic ring is 2. The maximum Gasteiger partial charge on any atom is 0.372 e. The van der Waals surface area contributed by atoms with Gasteiger partial charge in [-0.2, -0.15) is 10.1 Å². The van der Waals surface area contributed by atoms with E-state index >= 15 is 0 Å². The van der Waals surface area contributed by atoms with Crippen LogP contribution in [0.25, 0.3) is 0 Å². The van der Waals surface area contributed by atoms with Gasteiger partial charge in [0.15, 0.2) is 33.2 Å². The second kappa shape index (κ2) is 22.1. The van der Waals surface area contributed by atoms with Gasteiger partial charge in [0, 0.05) is 36.4 Å². The molecule has 6 aliphatic heterocycles. The van der Waals surface area contributed by atoms with E-state index in [0.717, 1.165) is 34.8 Å². The van der Waals surface area contributed by atoms with Crippen LogP contribution in [-0.4, -0.2) is 225 Å². The summed E-state index contributed by atoms with van der Waals surface area (Å²) in [5.41, 5.74) is -3.90. The molecule has 0 radical (unpaired) electrons. The van der Waals surface area contributed by atoms with E-state index in [4.69, 9.17) is 40.3 Å². The molecular formula is C48H38N14O28S2. The Morgan fingerprint density at radius 1 is 0.576 bits per heavy atom. The Balaban J connectivity index is 0.000000188. The molecule has 480 valence electrons. The lowest BCUT2D eigenvalue weighted by molar-refractivity contribution is -0.256. The van der Waals surface area contributed by atoms with Gasteiger partial charge in [-0.05, 0) is 12.1 Å². The number of phenols is 2. The lowest BCUT2D eigenvalue weighted by Gasteiger charge is -2.30. The summed E-state index contributed by atoms with van der Waals surface area (Å²) >= 11 is 1.83. The van der Waals surface area contributed by atoms with E-state index in [-0.39, 0.29) is 73.5 Å². The third kappa shape index (κ3) is 10.2. The number of ether oxygens (including phenoxy) is 2. The SMILES string of the molecule is Nc1nc(/C(=N/OC2(C(=O)O)CC2)C(=O)N[C@H]2CON(C3(C(=O)O)CC(N4C(=O)c5[nH]c(=O)c(=O)[nH]c5C4=O)C(=O)O3)C2=O)cs1.Nc1nc(/C(=N/OC2(C(=O)O)CC2)C(=O)N[C@H]2CON(C3(C(=O)O)C[C@H](N4C(=O)c5cc(O)c(O)cc5C4=O)C(=O)O3)C2=O)cs1. The van der Waals surface area contributed by atoms with E-state index in [2.05, 4.69) is 30.9 Å². The lowest BCUT2D eigenvalue weighted by Crippen LogP contribution is -2.57. The van der Waals surface area contributed by atoms with Crippen molar-refractivity contribution in [1.82, 2.24) is 50.5 Å². The van der Waals surface area contributed by atoms with Gasteiger partial charge in [-0.1, -0.05) is 10.3 Å². The fourth-order valence-corrected chi connectivity index (χ4v) is 10.8. The van der Waals surface area contributed by atoms with Gasteiger partial charge >= 0.3 is 58.4 Å². The number of aromatic hydroxyl groups is 2. The number of rotatable bonds is 18. The number of hydrogen-bond acceptors (Lipinski definition) is 32. The van der Waals surface area contributed by atoms with Gasteiger partial charge in [0.05, 0.1) is 24.0 Å². The predicted octanol–water partition coefficient (Wildman–Crippen LogP) is -5.78. The minimum absolute atomic E-state index is 0.0121. The number of hydrogen-bond donors (Lipinski definition) is 12. The van der Waals surface area contributed by atoms with Crippen molar-refractivity contribution in [3.8, 4) is 11.5 Å². The van der Waals surface area contributed by atoms with Crippen molar-refractivity contribution in [3.63, 3.8) is 0 Å². The summed E-state index contributed by atoms with van der Waals surface area (Å²) in [5.74, 6) is -20.3. The van der Waals surface area contributed by atoms with Crippen LogP contribution in [-0.2, 0) is 76.8 Å². The number of cyclic esters (lactones) is 2. The number of thiazole rings is 2. The summed E-state index contributed by atoms with van der Waals surface area (Å²) in [4.78, 5) is 235. The highest BCUT2D eigenvalue weighted by atomic mass is 32.1. The summed E-state index contributed by atoms with van der Waals surface area (Å²) in [6.07, 6.45) is -1.59. The second-order valence-corrected chi connectivity index (χ2v) is 22.5. The van der Waals surface area contributed by atoms with Crippen LogP contribution >= 0.6 is 22.7 Å². The molecule has 6 atom stereocenters. The predicted molar refractivity (Wildman–Crippen MR) is 285 cm³/mol. The minimum Gasteiger partial charge on any atom is -0.504 e. The number of carbonyl (C=O) groups excluding carboxylic acids is 10. The molecule has 3 aromatic heterocycles. The minimum atomic E-state index is -2.95. The number of aliphatic carboxylic acids is 4. The zero-order chi connectivity index (χ0) is 66.6. The molecule has 14 N–H and O–H groups in total. The molecule has 8 amide bonds. The van der Waals surface area contributed by atoms with Crippen molar-refractivity contribution >= 4 is 127 Å². The number of carboxylic acids is 4. The molecule has 2 saturated carbocycles. The Hall–Kier alpha value is -11.8. The van der Waals surface area contributed by atoms with Crippen molar-refractivity contribution in [2.24, 2.45) is 10.3 Å². The average molecular weight is 1320 g/mol. The summed E-state index contributed by atoms with van der Waals surface area (Å²) < 4.78 is 10.1. The molecule has 92 heavy (non-hydrogen) atoms. The zero-order valence-electron chi connectivity index (χ0n) is 45.5. The molecule has 12 rings (SSSR count). The Labute approximate surface area is 512 Å². The van der Waals surface area contributed by atoms with E-state index in [1.807, 2.05) is 9.97 Å². The molecular weight excluding hydrogens is 1280 g/mol. The lowest BCUT2D eigenvalue weighted by atomic mass is 10.0. The number of fused-ring (bicyclic) bond motifs is 2. The monoisotopic (exact) mass is 1320 g/mol. The highest BCUT2D eigenvalue weighted by Crippen LogP contribution is 2.44. The Morgan fingerprint density at radius 2 is 0.935 bits per heavy atom. The summed E-state index contributed by atoms with van der Waals surface area (Å²) in [6, 6.07) is -5.49. The molecule has 4 aromatic rings. The first-order chi connectivity index (χ1) is 43.4. The molecule has 9 heterocycles. The number of carbonyl (C=O) groups is 14. The van der Waals surface area contributed by atoms with Crippen molar-refractivity contribution in [2.75, 3.05) is 24.7 Å². The van der Waals surface area contributed by atoms with E-state index in [1.54, 1.807) is 0 Å². The van der Waals surface area contributed by atoms with Crippen LogP contribution in [0.1, 0.15) is 91.6 Å². The van der Waals surface area contributed by atoms with Gasteiger partial charge < -0.3 is 81.9 Å². The normalized spacial score (nSPS) is 25.0. The number of esters is 2. The number of hydroxylamine groups is 4. The van der Waals surface area contributed by atoms with E-state index in [9.17, 15) is 107 Å². The van der Waals surface area contributed by atoms with Crippen LogP contribution in [0.3, 0.4) is 0 Å². The summed E-state index contributed by atoms with van der Waals surface area (Å²) in [6.45, 7) is -1.39. The number of nitrogens with two attached hydrogens (primary N) is 2. The molecule has 0 bridgehead atoms. The number of phenolic OH excluding ortho intramolecular Hbond substituents is 2. The number of nitrogens with one attached hydrogen (secondary N) is 4. The molecule has 4 saturated heterocycles. The Morgan fingerprint density at radius 3 is 1.25 bits per heavy atom. The average Bonchev–Trinajstić information content (AvgIpc) is 1.58. The molecule has 2 aliphatic carbocycles. The number of anilines is 2. The third-order valence-electron chi connectivity index (χ3n) is 14.9. The number of H-pyrrole nitrogens is 2. The van der Waals surface area contributed by atoms with Crippen LogP contribution in [0.5, 0.6) is 11.5 Å². The number of oxime groups is 2. The first-order valence-corrected chi connectivity index (χ1v) is 27.7. The Bertz CT molecular complexity index is 4170. The number of carboxylic acid groups (broad SMARTS) is 4. The Kier molecular flexibility index (Phi) is 14.8. The molecule has 0 spiro atoms. The number of amides is 8. The van der Waals surface area contributed by atoms with Crippen LogP contribution in [0.4, 0.5) is 10.3 Å². The zero-order valence-corrected chi connectivity index (χ0v) is 47.1.